The third-order valence-electron chi connectivity index (χ3n) is 11.6. The average Bonchev–Trinajstić information content (AvgIpc) is 3.33. The lowest BCUT2D eigenvalue weighted by atomic mass is 10.0. The molecule has 0 aromatic heterocycles. The SMILES string of the molecule is CC/C=C\C/C=C\C/C=C\C/C=C\C/C=C\C/C=C\C/C=C\C/C=C\CCCCCCCCC(=O)OCC(COC(=O)CCCCCCCC)OC(=O)CCCCCCCCCCCCCC. The second-order valence-electron chi connectivity index (χ2n) is 18.1. The number of hydrogen-bond acceptors (Lipinski definition) is 6. The molecule has 1 unspecified atom stereocenters. The Morgan fingerprint density at radius 3 is 0.910 bits per heavy atom. The predicted molar refractivity (Wildman–Crippen MR) is 288 cm³/mol. The van der Waals surface area contributed by atoms with Crippen molar-refractivity contribution in [1.82, 2.24) is 0 Å². The van der Waals surface area contributed by atoms with E-state index in [1.165, 1.54) is 89.9 Å². The molecule has 6 heteroatoms. The number of ether oxygens (including phenoxy) is 3. The monoisotopic (exact) mass is 931 g/mol. The van der Waals surface area contributed by atoms with Crippen molar-refractivity contribution in [2.45, 2.75) is 258 Å². The summed E-state index contributed by atoms with van der Waals surface area (Å²) in [5.74, 6) is -0.905. The Hall–Kier alpha value is -3.67. The van der Waals surface area contributed by atoms with E-state index in [4.69, 9.17) is 14.2 Å². The summed E-state index contributed by atoms with van der Waals surface area (Å²) in [5, 5.41) is 0. The Morgan fingerprint density at radius 2 is 0.582 bits per heavy atom. The van der Waals surface area contributed by atoms with Crippen LogP contribution in [0, 0.1) is 0 Å². The quantitative estimate of drug-likeness (QED) is 0.0262. The number of rotatable bonds is 49. The van der Waals surface area contributed by atoms with Gasteiger partial charge in [-0.15, -0.1) is 0 Å². The lowest BCUT2D eigenvalue weighted by Crippen LogP contribution is -2.30. The van der Waals surface area contributed by atoms with Gasteiger partial charge in [0, 0.05) is 19.3 Å². The zero-order valence-corrected chi connectivity index (χ0v) is 43.6. The van der Waals surface area contributed by atoms with Gasteiger partial charge in [-0.05, 0) is 83.5 Å². The maximum atomic E-state index is 12.7. The number of carbonyl (C=O) groups is 3. The van der Waals surface area contributed by atoms with Crippen molar-refractivity contribution in [3.05, 3.63) is 97.2 Å². The molecular weight excluding hydrogens is 829 g/mol. The van der Waals surface area contributed by atoms with Crippen molar-refractivity contribution in [2.75, 3.05) is 13.2 Å². The molecule has 0 bridgehead atoms. The Balaban J connectivity index is 4.13. The van der Waals surface area contributed by atoms with E-state index in [0.29, 0.717) is 19.3 Å². The molecule has 0 aromatic carbocycles. The lowest BCUT2D eigenvalue weighted by molar-refractivity contribution is -0.167. The summed E-state index contributed by atoms with van der Waals surface area (Å²) in [4.78, 5) is 37.7. The molecule has 0 aliphatic carbocycles. The Labute approximate surface area is 413 Å². The number of carbonyl (C=O) groups excluding carboxylic acids is 3. The average molecular weight is 931 g/mol. The van der Waals surface area contributed by atoms with E-state index in [0.717, 1.165) is 122 Å². The summed E-state index contributed by atoms with van der Waals surface area (Å²) in [6, 6.07) is 0. The summed E-state index contributed by atoms with van der Waals surface area (Å²) >= 11 is 0. The van der Waals surface area contributed by atoms with E-state index in [2.05, 4.69) is 118 Å². The predicted octanol–water partition coefficient (Wildman–Crippen LogP) is 18.5. The molecule has 0 aromatic rings. The van der Waals surface area contributed by atoms with Gasteiger partial charge in [-0.3, -0.25) is 14.4 Å². The Morgan fingerprint density at radius 1 is 0.313 bits per heavy atom. The molecular formula is C61H102O6. The van der Waals surface area contributed by atoms with E-state index in [1.54, 1.807) is 0 Å². The maximum absolute atomic E-state index is 12.7. The van der Waals surface area contributed by atoms with Crippen molar-refractivity contribution in [1.29, 1.82) is 0 Å². The first-order valence-corrected chi connectivity index (χ1v) is 27.7. The summed E-state index contributed by atoms with van der Waals surface area (Å²) in [7, 11) is 0. The van der Waals surface area contributed by atoms with Gasteiger partial charge in [0.15, 0.2) is 6.10 Å². The van der Waals surface area contributed by atoms with E-state index in [9.17, 15) is 14.4 Å². The van der Waals surface area contributed by atoms with Gasteiger partial charge in [0.25, 0.3) is 0 Å². The van der Waals surface area contributed by atoms with Crippen molar-refractivity contribution in [3.8, 4) is 0 Å². The molecule has 0 rings (SSSR count). The smallest absolute Gasteiger partial charge is 0.306 e. The third-order valence-corrected chi connectivity index (χ3v) is 11.6. The van der Waals surface area contributed by atoms with Gasteiger partial charge in [-0.25, -0.2) is 0 Å². The highest BCUT2D eigenvalue weighted by molar-refractivity contribution is 5.71. The zero-order chi connectivity index (χ0) is 48.6. The van der Waals surface area contributed by atoms with Gasteiger partial charge in [0.1, 0.15) is 13.2 Å². The first kappa shape index (κ1) is 63.3. The van der Waals surface area contributed by atoms with Crippen LogP contribution in [0.2, 0.25) is 0 Å². The second-order valence-corrected chi connectivity index (χ2v) is 18.1. The van der Waals surface area contributed by atoms with Crippen LogP contribution >= 0.6 is 0 Å². The molecule has 0 spiro atoms. The minimum absolute atomic E-state index is 0.0803. The third kappa shape index (κ3) is 53.2. The molecule has 0 saturated heterocycles. The van der Waals surface area contributed by atoms with E-state index in [-0.39, 0.29) is 31.1 Å². The van der Waals surface area contributed by atoms with Gasteiger partial charge < -0.3 is 14.2 Å². The minimum atomic E-state index is -0.777. The van der Waals surface area contributed by atoms with E-state index in [1.807, 2.05) is 0 Å². The van der Waals surface area contributed by atoms with Crippen LogP contribution in [0.3, 0.4) is 0 Å². The standard InChI is InChI=1S/C61H102O6/c1-4-7-10-13-16-18-20-22-23-24-25-26-27-28-29-30-31-32-33-34-35-36-37-38-39-40-42-43-45-48-51-54-60(63)66-57-58(56-65-59(62)53-50-47-15-12-9-6-3)67-61(64)55-52-49-46-44-41-21-19-17-14-11-8-5-2/h7,10,16,18,22-23,25-26,28-29,31-32,34-35,37-38,58H,4-6,8-9,11-15,17,19-21,24,27,30,33,36,39-57H2,1-3H3/b10-7-,18-16-,23-22-,26-25-,29-28-,32-31-,35-34-,38-37-. The molecule has 0 amide bonds. The number of hydrogen-bond donors (Lipinski definition) is 0. The van der Waals surface area contributed by atoms with Gasteiger partial charge in [-0.1, -0.05) is 246 Å². The highest BCUT2D eigenvalue weighted by Crippen LogP contribution is 2.15. The second kappa shape index (κ2) is 54.9. The fourth-order valence-corrected chi connectivity index (χ4v) is 7.46. The molecule has 0 N–H and O–H groups in total. The molecule has 1 atom stereocenters. The first-order chi connectivity index (χ1) is 33.0. The molecule has 67 heavy (non-hydrogen) atoms. The fraction of sp³-hybridized carbons (Fsp3) is 0.689. The first-order valence-electron chi connectivity index (χ1n) is 27.7. The summed E-state index contributed by atoms with van der Waals surface area (Å²) < 4.78 is 16.7. The maximum Gasteiger partial charge on any atom is 0.306 e. The van der Waals surface area contributed by atoms with Gasteiger partial charge in [-0.2, -0.15) is 0 Å². The van der Waals surface area contributed by atoms with Crippen LogP contribution in [0.25, 0.3) is 0 Å². The van der Waals surface area contributed by atoms with Crippen LogP contribution in [-0.4, -0.2) is 37.2 Å². The zero-order valence-electron chi connectivity index (χ0n) is 43.6. The van der Waals surface area contributed by atoms with Gasteiger partial charge in [0.05, 0.1) is 0 Å². The summed E-state index contributed by atoms with van der Waals surface area (Å²) in [6.07, 6.45) is 72.9. The Bertz CT molecular complexity index is 1350. The minimum Gasteiger partial charge on any atom is -0.462 e. The molecule has 0 heterocycles. The van der Waals surface area contributed by atoms with Gasteiger partial charge in [0.2, 0.25) is 0 Å². The molecule has 0 fully saturated rings. The largest absolute Gasteiger partial charge is 0.462 e. The fourth-order valence-electron chi connectivity index (χ4n) is 7.46. The van der Waals surface area contributed by atoms with E-state index < -0.39 is 6.10 Å². The highest BCUT2D eigenvalue weighted by Gasteiger charge is 2.19. The molecule has 0 aliphatic rings. The normalized spacial score (nSPS) is 12.8. The van der Waals surface area contributed by atoms with Crippen LogP contribution in [0.4, 0.5) is 0 Å². The summed E-state index contributed by atoms with van der Waals surface area (Å²) in [5.41, 5.74) is 0. The van der Waals surface area contributed by atoms with Crippen LogP contribution in [0.1, 0.15) is 252 Å². The highest BCUT2D eigenvalue weighted by atomic mass is 16.6. The van der Waals surface area contributed by atoms with Crippen LogP contribution in [-0.2, 0) is 28.6 Å². The van der Waals surface area contributed by atoms with Gasteiger partial charge >= 0.3 is 17.9 Å². The summed E-state index contributed by atoms with van der Waals surface area (Å²) in [6.45, 7) is 6.44. The molecule has 0 aliphatic heterocycles. The molecule has 382 valence electrons. The van der Waals surface area contributed by atoms with Crippen molar-refractivity contribution < 1.29 is 28.6 Å². The molecule has 6 nitrogen and oxygen atoms in total. The lowest BCUT2D eigenvalue weighted by Gasteiger charge is -2.18. The van der Waals surface area contributed by atoms with Crippen molar-refractivity contribution >= 4 is 17.9 Å². The van der Waals surface area contributed by atoms with Crippen LogP contribution in [0.15, 0.2) is 97.2 Å². The Kier molecular flexibility index (Phi) is 51.9. The molecule has 0 saturated carbocycles. The topological polar surface area (TPSA) is 78.9 Å². The van der Waals surface area contributed by atoms with Crippen molar-refractivity contribution in [3.63, 3.8) is 0 Å². The number of unbranched alkanes of at least 4 members (excludes halogenated alkanes) is 22. The number of esters is 3. The number of allylic oxidation sites excluding steroid dienone is 16. The van der Waals surface area contributed by atoms with E-state index >= 15 is 0 Å². The van der Waals surface area contributed by atoms with Crippen LogP contribution < -0.4 is 0 Å². The van der Waals surface area contributed by atoms with Crippen LogP contribution in [0.5, 0.6) is 0 Å². The van der Waals surface area contributed by atoms with Crippen molar-refractivity contribution in [2.24, 2.45) is 0 Å². The molecule has 0 radical (unpaired) electrons.